The van der Waals surface area contributed by atoms with Crippen molar-refractivity contribution in [1.82, 2.24) is 0 Å². The topological polar surface area (TPSA) is 19.6 Å². The molecule has 7 aromatic carbocycles. The van der Waals surface area contributed by atoms with E-state index >= 15 is 0 Å². The van der Waals surface area contributed by atoms with E-state index in [9.17, 15) is 0 Å². The van der Waals surface area contributed by atoms with Crippen LogP contribution in [-0.2, 0) is 0 Å². The molecule has 0 aliphatic rings. The third-order valence-corrected chi connectivity index (χ3v) is 10.0. The lowest BCUT2D eigenvalue weighted by molar-refractivity contribution is 0.669. The van der Waals surface area contributed by atoms with Gasteiger partial charge in [-0.1, -0.05) is 84.4 Å². The Morgan fingerprint density at radius 3 is 1.53 bits per heavy atom. The summed E-state index contributed by atoms with van der Waals surface area (Å²) >= 11 is 8.65. The molecule has 0 atom stereocenters. The second kappa shape index (κ2) is 11.4. The average Bonchev–Trinajstić information content (AvgIpc) is 3.68. The number of nitrogens with zero attached hydrogens (tertiary/aromatic N) is 2. The summed E-state index contributed by atoms with van der Waals surface area (Å²) in [6.07, 6.45) is 0. The van der Waals surface area contributed by atoms with Gasteiger partial charge in [-0.15, -0.1) is 11.3 Å². The SMILES string of the molecule is Clc1cc(N(c2ccccc2)c2ccc3sc4ccc(N(c5ccccc5)c5ccccc5)cc4c3c2)c2oc3ccccc3c2c1. The van der Waals surface area contributed by atoms with Crippen LogP contribution in [0.15, 0.2) is 168 Å². The van der Waals surface area contributed by atoms with Gasteiger partial charge in [0.2, 0.25) is 0 Å². The van der Waals surface area contributed by atoms with Gasteiger partial charge in [-0.25, -0.2) is 0 Å². The Balaban J connectivity index is 1.26. The molecule has 0 spiro atoms. The smallest absolute Gasteiger partial charge is 0.159 e. The standard InChI is InChI=1S/C42H27ClN2OS/c43-28-24-37-34-18-10-11-19-39(34)46-42(37)38(25-28)45(31-16-8-3-9-17-31)33-21-23-41-36(27-33)35-26-32(20-22-40(35)47-41)44(29-12-4-1-5-13-29)30-14-6-2-7-15-30/h1-27H. The van der Waals surface area contributed by atoms with E-state index in [1.807, 2.05) is 47.7 Å². The number of fused-ring (bicyclic) bond motifs is 6. The quantitative estimate of drug-likeness (QED) is 0.180. The lowest BCUT2D eigenvalue weighted by Crippen LogP contribution is -2.10. The van der Waals surface area contributed by atoms with E-state index < -0.39 is 0 Å². The summed E-state index contributed by atoms with van der Waals surface area (Å²) in [6, 6.07) is 57.2. The molecule has 0 bridgehead atoms. The first-order valence-corrected chi connectivity index (χ1v) is 16.7. The summed E-state index contributed by atoms with van der Waals surface area (Å²) in [6.45, 7) is 0. The summed E-state index contributed by atoms with van der Waals surface area (Å²) in [4.78, 5) is 4.57. The maximum Gasteiger partial charge on any atom is 0.159 e. The monoisotopic (exact) mass is 642 g/mol. The molecule has 5 heteroatoms. The predicted octanol–water partition coefficient (Wildman–Crippen LogP) is 13.5. The van der Waals surface area contributed by atoms with Crippen LogP contribution in [0.25, 0.3) is 42.1 Å². The van der Waals surface area contributed by atoms with Crippen LogP contribution in [0.1, 0.15) is 0 Å². The molecule has 0 N–H and O–H groups in total. The zero-order valence-corrected chi connectivity index (χ0v) is 26.7. The number of furan rings is 1. The molecule has 3 nitrogen and oxygen atoms in total. The molecule has 224 valence electrons. The lowest BCUT2D eigenvalue weighted by Gasteiger charge is -2.26. The zero-order valence-electron chi connectivity index (χ0n) is 25.2. The first-order valence-electron chi connectivity index (χ1n) is 15.5. The third kappa shape index (κ3) is 4.81. The summed E-state index contributed by atoms with van der Waals surface area (Å²) in [5, 5.41) is 5.13. The number of para-hydroxylation sites is 4. The minimum absolute atomic E-state index is 0.661. The van der Waals surface area contributed by atoms with E-state index in [4.69, 9.17) is 16.0 Å². The van der Waals surface area contributed by atoms with Crippen molar-refractivity contribution in [3.8, 4) is 0 Å². The Hall–Kier alpha value is -5.55. The van der Waals surface area contributed by atoms with Crippen molar-refractivity contribution in [2.45, 2.75) is 0 Å². The fraction of sp³-hybridized carbons (Fsp3) is 0. The molecule has 0 fully saturated rings. The van der Waals surface area contributed by atoms with Gasteiger partial charge in [0.15, 0.2) is 5.58 Å². The minimum atomic E-state index is 0.661. The maximum atomic E-state index is 6.83. The molecular weight excluding hydrogens is 616 g/mol. The first kappa shape index (κ1) is 27.7. The van der Waals surface area contributed by atoms with Gasteiger partial charge in [0.05, 0.1) is 5.69 Å². The fourth-order valence-electron chi connectivity index (χ4n) is 6.58. The molecule has 0 saturated carbocycles. The zero-order chi connectivity index (χ0) is 31.3. The Morgan fingerprint density at radius 1 is 0.426 bits per heavy atom. The molecule has 47 heavy (non-hydrogen) atoms. The van der Waals surface area contributed by atoms with Crippen molar-refractivity contribution >= 4 is 99.2 Å². The van der Waals surface area contributed by atoms with E-state index in [1.165, 1.54) is 20.2 Å². The molecular formula is C42H27ClN2OS. The molecule has 0 radical (unpaired) electrons. The average molecular weight is 643 g/mol. The number of anilines is 6. The van der Waals surface area contributed by atoms with Gasteiger partial charge in [-0.2, -0.15) is 0 Å². The van der Waals surface area contributed by atoms with Crippen LogP contribution in [0.3, 0.4) is 0 Å². The van der Waals surface area contributed by atoms with Crippen LogP contribution in [0.4, 0.5) is 34.1 Å². The molecule has 2 aromatic heterocycles. The number of hydrogen-bond donors (Lipinski definition) is 0. The van der Waals surface area contributed by atoms with E-state index in [0.29, 0.717) is 5.02 Å². The van der Waals surface area contributed by atoms with Gasteiger partial charge in [-0.3, -0.25) is 0 Å². The van der Waals surface area contributed by atoms with Crippen molar-refractivity contribution in [2.75, 3.05) is 9.80 Å². The van der Waals surface area contributed by atoms with Crippen LogP contribution >= 0.6 is 22.9 Å². The maximum absolute atomic E-state index is 6.83. The van der Waals surface area contributed by atoms with Gasteiger partial charge in [0.1, 0.15) is 5.58 Å². The lowest BCUT2D eigenvalue weighted by atomic mass is 10.1. The molecule has 9 rings (SSSR count). The summed E-state index contributed by atoms with van der Waals surface area (Å²) in [5.41, 5.74) is 7.93. The molecule has 2 heterocycles. The van der Waals surface area contributed by atoms with Crippen LogP contribution in [0.5, 0.6) is 0 Å². The largest absolute Gasteiger partial charge is 0.454 e. The molecule has 0 aliphatic carbocycles. The van der Waals surface area contributed by atoms with E-state index in [1.54, 1.807) is 0 Å². The minimum Gasteiger partial charge on any atom is -0.454 e. The highest BCUT2D eigenvalue weighted by molar-refractivity contribution is 7.25. The van der Waals surface area contributed by atoms with Crippen molar-refractivity contribution in [1.29, 1.82) is 0 Å². The van der Waals surface area contributed by atoms with Gasteiger partial charge < -0.3 is 14.2 Å². The Morgan fingerprint density at radius 2 is 0.936 bits per heavy atom. The van der Waals surface area contributed by atoms with Crippen molar-refractivity contribution in [3.63, 3.8) is 0 Å². The fourth-order valence-corrected chi connectivity index (χ4v) is 7.86. The van der Waals surface area contributed by atoms with E-state index in [0.717, 1.165) is 56.1 Å². The number of thiophene rings is 1. The number of benzene rings is 7. The van der Waals surface area contributed by atoms with Crippen LogP contribution in [-0.4, -0.2) is 0 Å². The highest BCUT2D eigenvalue weighted by Crippen LogP contribution is 2.46. The van der Waals surface area contributed by atoms with E-state index in [-0.39, 0.29) is 0 Å². The summed E-state index contributed by atoms with van der Waals surface area (Å²) in [5.74, 6) is 0. The second-order valence-electron chi connectivity index (χ2n) is 11.5. The van der Waals surface area contributed by atoms with E-state index in [2.05, 4.69) is 137 Å². The van der Waals surface area contributed by atoms with Gasteiger partial charge in [0.25, 0.3) is 0 Å². The van der Waals surface area contributed by atoms with Crippen molar-refractivity contribution < 1.29 is 4.42 Å². The van der Waals surface area contributed by atoms with Crippen LogP contribution < -0.4 is 9.80 Å². The van der Waals surface area contributed by atoms with Gasteiger partial charge >= 0.3 is 0 Å². The van der Waals surface area contributed by atoms with Crippen LogP contribution in [0, 0.1) is 0 Å². The molecule has 9 aromatic rings. The summed E-state index contributed by atoms with van der Waals surface area (Å²) in [7, 11) is 0. The third-order valence-electron chi connectivity index (χ3n) is 8.66. The van der Waals surface area contributed by atoms with Crippen molar-refractivity contribution in [2.24, 2.45) is 0 Å². The Bertz CT molecular complexity index is 2500. The Kier molecular flexibility index (Phi) is 6.70. The molecule has 0 aliphatic heterocycles. The second-order valence-corrected chi connectivity index (χ2v) is 13.1. The normalized spacial score (nSPS) is 11.5. The Labute approximate surface area is 281 Å². The first-order chi connectivity index (χ1) is 23.2. The molecule has 0 amide bonds. The highest BCUT2D eigenvalue weighted by atomic mass is 35.5. The van der Waals surface area contributed by atoms with Gasteiger partial charge in [-0.05, 0) is 91.0 Å². The number of hydrogen-bond acceptors (Lipinski definition) is 4. The van der Waals surface area contributed by atoms with Gasteiger partial charge in [0, 0.05) is 64.4 Å². The molecule has 0 unspecified atom stereocenters. The predicted molar refractivity (Wildman–Crippen MR) is 201 cm³/mol. The number of halogens is 1. The number of rotatable bonds is 6. The summed E-state index contributed by atoms with van der Waals surface area (Å²) < 4.78 is 9.01. The van der Waals surface area contributed by atoms with Crippen molar-refractivity contribution in [3.05, 3.63) is 169 Å². The van der Waals surface area contributed by atoms with Crippen LogP contribution in [0.2, 0.25) is 5.02 Å². The molecule has 0 saturated heterocycles. The highest BCUT2D eigenvalue weighted by Gasteiger charge is 2.22.